The number of carbonyl (C=O) groups is 1. The summed E-state index contributed by atoms with van der Waals surface area (Å²) in [4.78, 5) is 13.5. The minimum Gasteiger partial charge on any atom is -0.481 e. The first-order valence-electron chi connectivity index (χ1n) is 7.75. The maximum Gasteiger partial charge on any atom is 0.304 e. The Labute approximate surface area is 111 Å². The van der Waals surface area contributed by atoms with Gasteiger partial charge in [0.2, 0.25) is 0 Å². The van der Waals surface area contributed by atoms with Crippen LogP contribution in [0.3, 0.4) is 0 Å². The van der Waals surface area contributed by atoms with Crippen molar-refractivity contribution in [2.75, 3.05) is 6.54 Å². The van der Waals surface area contributed by atoms with E-state index in [0.717, 1.165) is 13.0 Å². The van der Waals surface area contributed by atoms with E-state index in [0.29, 0.717) is 18.5 Å². The van der Waals surface area contributed by atoms with Crippen molar-refractivity contribution in [3.05, 3.63) is 0 Å². The van der Waals surface area contributed by atoms with Gasteiger partial charge in [0.25, 0.3) is 0 Å². The van der Waals surface area contributed by atoms with E-state index in [9.17, 15) is 4.79 Å². The summed E-state index contributed by atoms with van der Waals surface area (Å²) in [6, 6.07) is 0.968. The Morgan fingerprint density at radius 3 is 2.22 bits per heavy atom. The van der Waals surface area contributed by atoms with Gasteiger partial charge in [-0.15, -0.1) is 0 Å². The van der Waals surface area contributed by atoms with Crippen LogP contribution in [0.2, 0.25) is 0 Å². The molecule has 0 spiro atoms. The van der Waals surface area contributed by atoms with Crippen LogP contribution in [0.15, 0.2) is 0 Å². The van der Waals surface area contributed by atoms with Crippen molar-refractivity contribution in [2.45, 2.75) is 82.7 Å². The van der Waals surface area contributed by atoms with Gasteiger partial charge >= 0.3 is 5.97 Å². The van der Waals surface area contributed by atoms with Gasteiger partial charge in [-0.25, -0.2) is 0 Å². The largest absolute Gasteiger partial charge is 0.481 e. The molecule has 18 heavy (non-hydrogen) atoms. The van der Waals surface area contributed by atoms with E-state index in [1.807, 2.05) is 0 Å². The summed E-state index contributed by atoms with van der Waals surface area (Å²) in [7, 11) is 0. The second-order valence-corrected chi connectivity index (χ2v) is 5.98. The highest BCUT2D eigenvalue weighted by Crippen LogP contribution is 2.28. The normalized spacial score (nSPS) is 28.6. The second-order valence-electron chi connectivity index (χ2n) is 5.98. The molecule has 104 valence electrons. The predicted octanol–water partition coefficient (Wildman–Crippen LogP) is 3.43. The van der Waals surface area contributed by atoms with Gasteiger partial charge < -0.3 is 5.11 Å². The second kappa shape index (κ2) is 7.13. The number of carboxylic acid groups (broad SMARTS) is 1. The summed E-state index contributed by atoms with van der Waals surface area (Å²) in [6.07, 6.45) is 13.3. The highest BCUT2D eigenvalue weighted by Gasteiger charge is 2.30. The molecule has 1 atom stereocenters. The maximum absolute atomic E-state index is 11.0. The number of rotatable bonds is 3. The van der Waals surface area contributed by atoms with E-state index >= 15 is 0 Å². The van der Waals surface area contributed by atoms with Crippen molar-refractivity contribution < 1.29 is 9.90 Å². The molecule has 1 aliphatic heterocycles. The van der Waals surface area contributed by atoms with Crippen LogP contribution >= 0.6 is 0 Å². The van der Waals surface area contributed by atoms with Crippen molar-refractivity contribution >= 4 is 5.97 Å². The van der Waals surface area contributed by atoms with Gasteiger partial charge in [-0.3, -0.25) is 9.69 Å². The molecule has 2 fully saturated rings. The fourth-order valence-electron chi connectivity index (χ4n) is 3.69. The van der Waals surface area contributed by atoms with Crippen molar-refractivity contribution in [3.63, 3.8) is 0 Å². The van der Waals surface area contributed by atoms with Crippen LogP contribution in [0.4, 0.5) is 0 Å². The van der Waals surface area contributed by atoms with Gasteiger partial charge in [0.05, 0.1) is 6.42 Å². The number of piperidine rings is 1. The monoisotopic (exact) mass is 253 g/mol. The van der Waals surface area contributed by atoms with E-state index in [1.165, 1.54) is 57.8 Å². The number of aliphatic carboxylic acids is 1. The van der Waals surface area contributed by atoms with Crippen LogP contribution in [-0.4, -0.2) is 34.6 Å². The first-order valence-corrected chi connectivity index (χ1v) is 7.75. The van der Waals surface area contributed by atoms with E-state index in [2.05, 4.69) is 4.90 Å². The highest BCUT2D eigenvalue weighted by atomic mass is 16.4. The first kappa shape index (κ1) is 13.9. The fourth-order valence-corrected chi connectivity index (χ4v) is 3.69. The number of likely N-dealkylation sites (tertiary alicyclic amines) is 1. The Bertz CT molecular complexity index is 259. The van der Waals surface area contributed by atoms with Gasteiger partial charge in [-0.2, -0.15) is 0 Å². The van der Waals surface area contributed by atoms with E-state index in [-0.39, 0.29) is 0 Å². The topological polar surface area (TPSA) is 40.5 Å². The van der Waals surface area contributed by atoms with E-state index < -0.39 is 5.97 Å². The lowest BCUT2D eigenvalue weighted by molar-refractivity contribution is -0.139. The molecule has 2 rings (SSSR count). The third-order valence-electron chi connectivity index (χ3n) is 4.63. The molecule has 2 aliphatic rings. The van der Waals surface area contributed by atoms with Crippen molar-refractivity contribution in [1.29, 1.82) is 0 Å². The molecule has 0 aromatic rings. The summed E-state index contributed by atoms with van der Waals surface area (Å²) in [6.45, 7) is 1.13. The van der Waals surface area contributed by atoms with Gasteiger partial charge in [0, 0.05) is 12.1 Å². The molecule has 3 heteroatoms. The predicted molar refractivity (Wildman–Crippen MR) is 72.7 cm³/mol. The minimum atomic E-state index is -0.627. The Balaban J connectivity index is 1.94. The SMILES string of the molecule is O=C(O)CC1CCCCN1C1CCCCCCC1. The number of hydrogen-bond donors (Lipinski definition) is 1. The van der Waals surface area contributed by atoms with Gasteiger partial charge in [0.1, 0.15) is 0 Å². The molecule has 3 nitrogen and oxygen atoms in total. The van der Waals surface area contributed by atoms with Crippen LogP contribution in [0.5, 0.6) is 0 Å². The standard InChI is InChI=1S/C15H27NO2/c17-15(18)12-14-10-6-7-11-16(14)13-8-4-2-1-3-5-9-13/h13-14H,1-12H2,(H,17,18). The molecule has 1 heterocycles. The number of carboxylic acids is 1. The molecule has 1 N–H and O–H groups in total. The minimum absolute atomic E-state index is 0.306. The molecule has 0 bridgehead atoms. The Morgan fingerprint density at radius 1 is 0.944 bits per heavy atom. The quantitative estimate of drug-likeness (QED) is 0.837. The highest BCUT2D eigenvalue weighted by molar-refractivity contribution is 5.67. The zero-order valence-corrected chi connectivity index (χ0v) is 11.4. The Hall–Kier alpha value is -0.570. The van der Waals surface area contributed by atoms with Crippen LogP contribution in [0.25, 0.3) is 0 Å². The maximum atomic E-state index is 11.0. The third-order valence-corrected chi connectivity index (χ3v) is 4.63. The molecule has 1 aliphatic carbocycles. The lowest BCUT2D eigenvalue weighted by Crippen LogP contribution is -2.47. The fraction of sp³-hybridized carbons (Fsp3) is 0.933. The summed E-state index contributed by atoms with van der Waals surface area (Å²) in [5.41, 5.74) is 0. The molecule has 0 radical (unpaired) electrons. The van der Waals surface area contributed by atoms with E-state index in [4.69, 9.17) is 5.11 Å². The molecular weight excluding hydrogens is 226 g/mol. The summed E-state index contributed by atoms with van der Waals surface area (Å²) in [5.74, 6) is -0.627. The van der Waals surface area contributed by atoms with Crippen LogP contribution in [0.1, 0.15) is 70.6 Å². The van der Waals surface area contributed by atoms with E-state index in [1.54, 1.807) is 0 Å². The molecule has 0 aromatic carbocycles. The molecule has 0 amide bonds. The van der Waals surface area contributed by atoms with Crippen molar-refractivity contribution in [3.8, 4) is 0 Å². The lowest BCUT2D eigenvalue weighted by Gasteiger charge is -2.41. The number of nitrogens with zero attached hydrogens (tertiary/aromatic N) is 1. The van der Waals surface area contributed by atoms with Crippen LogP contribution in [0, 0.1) is 0 Å². The molecule has 1 saturated heterocycles. The molecule has 0 aromatic heterocycles. The smallest absolute Gasteiger partial charge is 0.304 e. The Morgan fingerprint density at radius 2 is 1.56 bits per heavy atom. The average molecular weight is 253 g/mol. The average Bonchev–Trinajstić information content (AvgIpc) is 2.29. The van der Waals surface area contributed by atoms with Crippen LogP contribution in [-0.2, 0) is 4.79 Å². The zero-order valence-electron chi connectivity index (χ0n) is 11.4. The van der Waals surface area contributed by atoms with Crippen molar-refractivity contribution in [2.24, 2.45) is 0 Å². The van der Waals surface area contributed by atoms with Gasteiger partial charge in [-0.05, 0) is 32.2 Å². The molecule has 1 saturated carbocycles. The summed E-state index contributed by atoms with van der Waals surface area (Å²) in [5, 5.41) is 9.06. The Kier molecular flexibility index (Phi) is 5.48. The van der Waals surface area contributed by atoms with Crippen molar-refractivity contribution in [1.82, 2.24) is 4.90 Å². The van der Waals surface area contributed by atoms with Crippen LogP contribution < -0.4 is 0 Å². The molecular formula is C15H27NO2. The first-order chi connectivity index (χ1) is 8.77. The summed E-state index contributed by atoms with van der Waals surface area (Å²) < 4.78 is 0. The molecule has 1 unspecified atom stereocenters. The lowest BCUT2D eigenvalue weighted by atomic mass is 9.90. The summed E-state index contributed by atoms with van der Waals surface area (Å²) >= 11 is 0. The third kappa shape index (κ3) is 3.98. The van der Waals surface area contributed by atoms with Gasteiger partial charge in [-0.1, -0.05) is 38.5 Å². The number of hydrogen-bond acceptors (Lipinski definition) is 2. The zero-order chi connectivity index (χ0) is 12.8. The van der Waals surface area contributed by atoms with Gasteiger partial charge in [0.15, 0.2) is 0 Å².